The van der Waals surface area contributed by atoms with Crippen LogP contribution in [0.25, 0.3) is 22.3 Å². The van der Waals surface area contributed by atoms with Crippen LogP contribution in [0, 0.1) is 17.3 Å². The van der Waals surface area contributed by atoms with E-state index in [2.05, 4.69) is 22.2 Å². The Hall–Kier alpha value is -4.52. The van der Waals surface area contributed by atoms with Crippen molar-refractivity contribution < 1.29 is 33.4 Å². The van der Waals surface area contributed by atoms with E-state index in [0.717, 1.165) is 0 Å². The van der Waals surface area contributed by atoms with Crippen LogP contribution < -0.4 is 20.1 Å². The molecule has 2 aliphatic rings. The maximum absolute atomic E-state index is 13.9. The molecule has 0 bridgehead atoms. The number of aromatic nitrogens is 2. The zero-order valence-electron chi connectivity index (χ0n) is 27.7. The lowest BCUT2D eigenvalue weighted by Crippen LogP contribution is -2.54. The molecule has 1 saturated heterocycles. The van der Waals surface area contributed by atoms with E-state index >= 15 is 0 Å². The van der Waals surface area contributed by atoms with Crippen molar-refractivity contribution in [2.45, 2.75) is 65.1 Å². The normalized spacial score (nSPS) is 22.7. The lowest BCUT2D eigenvalue weighted by Gasteiger charge is -2.33. The van der Waals surface area contributed by atoms with E-state index in [-0.39, 0.29) is 36.1 Å². The number of anilines is 1. The number of nitrogens with zero attached hydrogens (tertiary/aromatic N) is 3. The number of methoxy groups -OCH3 is 2. The van der Waals surface area contributed by atoms with E-state index in [0.29, 0.717) is 45.3 Å². The predicted octanol–water partition coefficient (Wildman–Crippen LogP) is 4.59. The van der Waals surface area contributed by atoms with Crippen molar-refractivity contribution >= 4 is 51.1 Å². The van der Waals surface area contributed by atoms with Gasteiger partial charge in [0.2, 0.25) is 17.7 Å². The highest BCUT2D eigenvalue weighted by atomic mass is 32.1. The number of carbonyl (C=O) groups is 4. The number of esters is 1. The van der Waals surface area contributed by atoms with Gasteiger partial charge in [-0.05, 0) is 24.0 Å². The van der Waals surface area contributed by atoms with Crippen LogP contribution in [0.4, 0.5) is 5.13 Å². The van der Waals surface area contributed by atoms with Gasteiger partial charge < -0.3 is 29.7 Å². The fraction of sp³-hybridized carbons (Fsp3) is 0.471. The molecule has 2 fully saturated rings. The maximum atomic E-state index is 13.9. The average Bonchev–Trinajstić information content (AvgIpc) is 3.31. The SMILES string of the molecule is C=CC1C[C@]1(NC(=O)[C@@H]1CC(Oc2cc(-c3csc(NC(C)=O)n3)nc3cc(OC)ccc23)CN1C(=O)[C@@H](C)C(C)(C)C)C(=O)OC. The molecule has 1 saturated carbocycles. The molecule has 5 atom stereocenters. The van der Waals surface area contributed by atoms with Gasteiger partial charge in [-0.1, -0.05) is 33.8 Å². The molecular formula is C34H41N5O7S. The molecule has 1 aliphatic heterocycles. The molecule has 0 spiro atoms. The summed E-state index contributed by atoms with van der Waals surface area (Å²) >= 11 is 1.27. The summed E-state index contributed by atoms with van der Waals surface area (Å²) in [6, 6.07) is 6.32. The molecule has 2 N–H and O–H groups in total. The molecular weight excluding hydrogens is 622 g/mol. The first-order valence-corrected chi connectivity index (χ1v) is 16.3. The third kappa shape index (κ3) is 6.80. The van der Waals surface area contributed by atoms with Gasteiger partial charge >= 0.3 is 5.97 Å². The Bertz CT molecular complexity index is 1730. The zero-order valence-corrected chi connectivity index (χ0v) is 28.5. The van der Waals surface area contributed by atoms with Crippen LogP contribution in [0.1, 0.15) is 47.5 Å². The molecule has 12 nitrogen and oxygen atoms in total. The number of amides is 3. The van der Waals surface area contributed by atoms with Crippen molar-refractivity contribution in [3.8, 4) is 22.9 Å². The van der Waals surface area contributed by atoms with Crippen LogP contribution in [-0.2, 0) is 23.9 Å². The topological polar surface area (TPSA) is 149 Å². The summed E-state index contributed by atoms with van der Waals surface area (Å²) in [5.74, 6) is -0.959. The highest BCUT2D eigenvalue weighted by Gasteiger charge is 2.62. The molecule has 13 heteroatoms. The molecule has 3 heterocycles. The largest absolute Gasteiger partial charge is 0.497 e. The first-order valence-electron chi connectivity index (χ1n) is 15.4. The first-order chi connectivity index (χ1) is 22.2. The smallest absolute Gasteiger partial charge is 0.332 e. The highest BCUT2D eigenvalue weighted by Crippen LogP contribution is 2.46. The average molecular weight is 664 g/mol. The van der Waals surface area contributed by atoms with Gasteiger partial charge in [-0.25, -0.2) is 14.8 Å². The van der Waals surface area contributed by atoms with Crippen LogP contribution in [0.15, 0.2) is 42.3 Å². The molecule has 250 valence electrons. The zero-order chi connectivity index (χ0) is 34.3. The summed E-state index contributed by atoms with van der Waals surface area (Å²) in [4.78, 5) is 63.0. The Kier molecular flexibility index (Phi) is 9.31. The van der Waals surface area contributed by atoms with Gasteiger partial charge in [0, 0.05) is 48.1 Å². The molecule has 1 aliphatic carbocycles. The lowest BCUT2D eigenvalue weighted by atomic mass is 9.81. The Labute approximate surface area is 277 Å². The van der Waals surface area contributed by atoms with Gasteiger partial charge in [0.15, 0.2) is 5.13 Å². The molecule has 3 aromatic rings. The van der Waals surface area contributed by atoms with E-state index in [1.807, 2.05) is 33.8 Å². The molecule has 3 amide bonds. The van der Waals surface area contributed by atoms with Gasteiger partial charge in [-0.2, -0.15) is 0 Å². The van der Waals surface area contributed by atoms with E-state index in [9.17, 15) is 19.2 Å². The van der Waals surface area contributed by atoms with E-state index in [1.54, 1.807) is 41.7 Å². The second-order valence-corrected chi connectivity index (χ2v) is 14.0. The summed E-state index contributed by atoms with van der Waals surface area (Å²) in [6.45, 7) is 13.2. The van der Waals surface area contributed by atoms with Gasteiger partial charge in [0.1, 0.15) is 34.9 Å². The van der Waals surface area contributed by atoms with Gasteiger partial charge in [-0.3, -0.25) is 14.4 Å². The van der Waals surface area contributed by atoms with Crippen molar-refractivity contribution in [3.05, 3.63) is 42.3 Å². The lowest BCUT2D eigenvalue weighted by molar-refractivity contribution is -0.148. The number of pyridine rings is 1. The molecule has 47 heavy (non-hydrogen) atoms. The molecule has 1 aromatic carbocycles. The summed E-state index contributed by atoms with van der Waals surface area (Å²) < 4.78 is 17.1. The first kappa shape index (κ1) is 33.8. The van der Waals surface area contributed by atoms with Crippen LogP contribution >= 0.6 is 11.3 Å². The molecule has 2 unspecified atom stereocenters. The highest BCUT2D eigenvalue weighted by molar-refractivity contribution is 7.14. The quantitative estimate of drug-likeness (QED) is 0.235. The molecule has 5 rings (SSSR count). The van der Waals surface area contributed by atoms with E-state index in [1.165, 1.54) is 25.4 Å². The number of hydrogen-bond donors (Lipinski definition) is 2. The maximum Gasteiger partial charge on any atom is 0.332 e. The number of benzene rings is 1. The number of nitrogens with one attached hydrogen (secondary N) is 2. The van der Waals surface area contributed by atoms with Crippen LogP contribution in [0.5, 0.6) is 11.5 Å². The monoisotopic (exact) mass is 663 g/mol. The Morgan fingerprint density at radius 1 is 1.15 bits per heavy atom. The van der Waals surface area contributed by atoms with E-state index in [4.69, 9.17) is 19.2 Å². The van der Waals surface area contributed by atoms with Gasteiger partial charge in [0.25, 0.3) is 0 Å². The van der Waals surface area contributed by atoms with Crippen molar-refractivity contribution in [1.82, 2.24) is 20.2 Å². The standard InChI is InChI=1S/C34H41N5O7S/c1-9-20-15-34(20,31(43)45-8)38-29(41)27-13-22(16-39(27)30(42)18(2)33(4,5)6)46-28-14-25(26-17-47-32(37-26)35-19(3)40)36-24-12-21(44-7)10-11-23(24)28/h9-12,14,17-18,20,22,27H,1,13,15-16H2,2-8H3,(H,38,41)(H,35,37,40)/t18-,20?,22?,27+,34-/m1/s1. The fourth-order valence-corrected chi connectivity index (χ4v) is 6.54. The minimum atomic E-state index is -1.20. The second kappa shape index (κ2) is 12.9. The predicted molar refractivity (Wildman–Crippen MR) is 178 cm³/mol. The molecule has 2 aromatic heterocycles. The minimum absolute atomic E-state index is 0.159. The van der Waals surface area contributed by atoms with Crippen molar-refractivity contribution in [2.75, 3.05) is 26.1 Å². The second-order valence-electron chi connectivity index (χ2n) is 13.2. The van der Waals surface area contributed by atoms with Crippen LogP contribution in [0.3, 0.4) is 0 Å². The van der Waals surface area contributed by atoms with Crippen molar-refractivity contribution in [3.63, 3.8) is 0 Å². The molecule has 0 radical (unpaired) electrons. The number of thiazole rings is 1. The summed E-state index contributed by atoms with van der Waals surface area (Å²) in [7, 11) is 2.85. The number of fused-ring (bicyclic) bond motifs is 1. The fourth-order valence-electron chi connectivity index (χ4n) is 5.79. The Morgan fingerprint density at radius 2 is 1.89 bits per heavy atom. The summed E-state index contributed by atoms with van der Waals surface area (Å²) in [6.07, 6.45) is 1.65. The van der Waals surface area contributed by atoms with Gasteiger partial charge in [0.05, 0.1) is 32.0 Å². The minimum Gasteiger partial charge on any atom is -0.497 e. The number of hydrogen-bond acceptors (Lipinski definition) is 10. The summed E-state index contributed by atoms with van der Waals surface area (Å²) in [5.41, 5.74) is 0.0990. The number of carbonyl (C=O) groups excluding carboxylic acids is 4. The number of likely N-dealkylation sites (tertiary alicyclic amines) is 1. The Morgan fingerprint density at radius 3 is 2.51 bits per heavy atom. The third-order valence-electron chi connectivity index (χ3n) is 9.04. The van der Waals surface area contributed by atoms with Crippen molar-refractivity contribution in [1.29, 1.82) is 0 Å². The van der Waals surface area contributed by atoms with Crippen molar-refractivity contribution in [2.24, 2.45) is 17.3 Å². The van der Waals surface area contributed by atoms with Gasteiger partial charge in [-0.15, -0.1) is 17.9 Å². The summed E-state index contributed by atoms with van der Waals surface area (Å²) in [5, 5.41) is 8.53. The van der Waals surface area contributed by atoms with Crippen LogP contribution in [-0.4, -0.2) is 77.0 Å². The third-order valence-corrected chi connectivity index (χ3v) is 9.79. The Balaban J connectivity index is 1.49. The van der Waals surface area contributed by atoms with E-state index < -0.39 is 35.5 Å². The number of rotatable bonds is 10. The number of ether oxygens (including phenoxy) is 3. The van der Waals surface area contributed by atoms with Crippen LogP contribution in [0.2, 0.25) is 0 Å².